The second-order valence-electron chi connectivity index (χ2n) is 6.99. The van der Waals surface area contributed by atoms with E-state index in [9.17, 15) is 0 Å². The molecule has 0 atom stereocenters. The van der Waals surface area contributed by atoms with E-state index in [0.717, 1.165) is 11.2 Å². The molecule has 4 nitrogen and oxygen atoms in total. The monoisotopic (exact) mass is 379 g/mol. The van der Waals surface area contributed by atoms with Crippen LogP contribution in [-0.2, 0) is 9.31 Å². The lowest BCUT2D eigenvalue weighted by atomic mass is 9.79. The summed E-state index contributed by atoms with van der Waals surface area (Å²) in [6.45, 7) is 8.11. The SMILES string of the molecule is CC1(C)OB(c2cccc(NOc3ccc(Cl)cc3Cl)c2)OC1(C)C. The van der Waals surface area contributed by atoms with Crippen LogP contribution in [0.15, 0.2) is 42.5 Å². The third-order valence-corrected chi connectivity index (χ3v) is 5.12. The number of halogens is 2. The molecule has 0 bridgehead atoms. The number of anilines is 1. The van der Waals surface area contributed by atoms with Crippen molar-refractivity contribution in [3.63, 3.8) is 0 Å². The first-order valence-electron chi connectivity index (χ1n) is 8.01. The predicted molar refractivity (Wildman–Crippen MR) is 103 cm³/mol. The smallest absolute Gasteiger partial charge is 0.399 e. The second kappa shape index (κ2) is 6.73. The van der Waals surface area contributed by atoms with Crippen molar-refractivity contribution in [2.45, 2.75) is 38.9 Å². The van der Waals surface area contributed by atoms with Gasteiger partial charge in [-0.3, -0.25) is 0 Å². The molecule has 0 amide bonds. The van der Waals surface area contributed by atoms with Crippen molar-refractivity contribution in [1.29, 1.82) is 0 Å². The van der Waals surface area contributed by atoms with Crippen LogP contribution in [0.2, 0.25) is 10.0 Å². The van der Waals surface area contributed by atoms with Crippen molar-refractivity contribution in [1.82, 2.24) is 0 Å². The molecule has 0 unspecified atom stereocenters. The Morgan fingerprint density at radius 1 is 0.960 bits per heavy atom. The molecule has 0 aromatic heterocycles. The molecule has 2 aromatic carbocycles. The van der Waals surface area contributed by atoms with Gasteiger partial charge in [0.05, 0.1) is 21.9 Å². The maximum Gasteiger partial charge on any atom is 0.494 e. The molecule has 7 heteroatoms. The summed E-state index contributed by atoms with van der Waals surface area (Å²) < 4.78 is 12.1. The normalized spacial score (nSPS) is 18.2. The van der Waals surface area contributed by atoms with Gasteiger partial charge >= 0.3 is 7.12 Å². The number of rotatable bonds is 4. The van der Waals surface area contributed by atoms with Gasteiger partial charge < -0.3 is 14.1 Å². The molecular formula is C18H20BCl2NO3. The molecular weight excluding hydrogens is 360 g/mol. The van der Waals surface area contributed by atoms with E-state index < -0.39 is 7.12 Å². The summed E-state index contributed by atoms with van der Waals surface area (Å²) in [5.74, 6) is 0.493. The zero-order chi connectivity index (χ0) is 18.2. The van der Waals surface area contributed by atoms with Gasteiger partial charge in [0.2, 0.25) is 0 Å². The van der Waals surface area contributed by atoms with Crippen LogP contribution in [0.3, 0.4) is 0 Å². The van der Waals surface area contributed by atoms with Crippen LogP contribution in [0.5, 0.6) is 5.75 Å². The summed E-state index contributed by atoms with van der Waals surface area (Å²) in [5, 5.41) is 0.988. The highest BCUT2D eigenvalue weighted by Crippen LogP contribution is 2.36. The average molecular weight is 380 g/mol. The average Bonchev–Trinajstić information content (AvgIpc) is 2.75. The lowest BCUT2D eigenvalue weighted by molar-refractivity contribution is 0.00578. The fraction of sp³-hybridized carbons (Fsp3) is 0.333. The first kappa shape index (κ1) is 18.4. The Labute approximate surface area is 158 Å². The molecule has 1 heterocycles. The van der Waals surface area contributed by atoms with Crippen molar-refractivity contribution in [2.75, 3.05) is 5.48 Å². The Morgan fingerprint density at radius 3 is 2.28 bits per heavy atom. The van der Waals surface area contributed by atoms with E-state index in [1.807, 2.05) is 52.0 Å². The van der Waals surface area contributed by atoms with Gasteiger partial charge in [0.15, 0.2) is 5.75 Å². The highest BCUT2D eigenvalue weighted by atomic mass is 35.5. The Balaban J connectivity index is 1.72. The third-order valence-electron chi connectivity index (χ3n) is 4.58. The minimum absolute atomic E-state index is 0.381. The molecule has 1 aliphatic heterocycles. The van der Waals surface area contributed by atoms with Crippen molar-refractivity contribution in [2.24, 2.45) is 0 Å². The Kier molecular flexibility index (Phi) is 4.95. The zero-order valence-corrected chi connectivity index (χ0v) is 16.1. The van der Waals surface area contributed by atoms with Gasteiger partial charge in [-0.25, -0.2) is 5.48 Å². The molecule has 2 aromatic rings. The van der Waals surface area contributed by atoms with Crippen LogP contribution in [0.1, 0.15) is 27.7 Å². The van der Waals surface area contributed by atoms with Gasteiger partial charge in [0.1, 0.15) is 0 Å². The summed E-state index contributed by atoms with van der Waals surface area (Å²) >= 11 is 12.0. The Morgan fingerprint density at radius 2 is 1.64 bits per heavy atom. The maximum atomic E-state index is 6.10. The first-order chi connectivity index (χ1) is 11.7. The second-order valence-corrected chi connectivity index (χ2v) is 7.84. The molecule has 1 saturated heterocycles. The van der Waals surface area contributed by atoms with Crippen molar-refractivity contribution in [3.05, 3.63) is 52.5 Å². The molecule has 1 fully saturated rings. The maximum absolute atomic E-state index is 6.10. The van der Waals surface area contributed by atoms with Gasteiger partial charge in [-0.1, -0.05) is 35.3 Å². The Hall–Kier alpha value is -1.40. The van der Waals surface area contributed by atoms with Crippen LogP contribution in [0, 0.1) is 0 Å². The van der Waals surface area contributed by atoms with Crippen molar-refractivity contribution >= 4 is 41.5 Å². The molecule has 3 rings (SSSR count). The van der Waals surface area contributed by atoms with Crippen LogP contribution in [0.4, 0.5) is 5.69 Å². The van der Waals surface area contributed by atoms with E-state index in [4.69, 9.17) is 37.3 Å². The summed E-state index contributed by atoms with van der Waals surface area (Å²) in [5.41, 5.74) is 3.80. The molecule has 0 radical (unpaired) electrons. The van der Waals surface area contributed by atoms with Gasteiger partial charge in [-0.15, -0.1) is 0 Å². The lowest BCUT2D eigenvalue weighted by Crippen LogP contribution is -2.41. The van der Waals surface area contributed by atoms with Crippen LogP contribution >= 0.6 is 23.2 Å². The predicted octanol–water partition coefficient (Wildman–Crippen LogP) is 4.70. The summed E-state index contributed by atoms with van der Waals surface area (Å²) in [6, 6.07) is 12.7. The van der Waals surface area contributed by atoms with E-state index in [-0.39, 0.29) is 11.2 Å². The van der Waals surface area contributed by atoms with Crippen molar-refractivity contribution < 1.29 is 14.1 Å². The van der Waals surface area contributed by atoms with E-state index in [0.29, 0.717) is 15.8 Å². The molecule has 132 valence electrons. The molecule has 0 aliphatic carbocycles. The largest absolute Gasteiger partial charge is 0.494 e. The topological polar surface area (TPSA) is 39.7 Å². The first-order valence-corrected chi connectivity index (χ1v) is 8.77. The number of benzene rings is 2. The standard InChI is InChI=1S/C18H20BCl2NO3/c1-17(2)18(3,4)25-19(24-17)12-6-5-7-14(10-12)22-23-16-9-8-13(20)11-15(16)21/h5-11,22H,1-4H3. The van der Waals surface area contributed by atoms with Gasteiger partial charge in [0.25, 0.3) is 0 Å². The number of nitrogens with one attached hydrogen (secondary N) is 1. The molecule has 25 heavy (non-hydrogen) atoms. The van der Waals surface area contributed by atoms with Crippen LogP contribution in [-0.4, -0.2) is 18.3 Å². The van der Waals surface area contributed by atoms with E-state index >= 15 is 0 Å². The molecule has 0 saturated carbocycles. The number of hydrogen-bond donors (Lipinski definition) is 1. The highest BCUT2D eigenvalue weighted by Gasteiger charge is 2.51. The van der Waals surface area contributed by atoms with Gasteiger partial charge in [-0.2, -0.15) is 0 Å². The van der Waals surface area contributed by atoms with E-state index in [2.05, 4.69) is 5.48 Å². The minimum atomic E-state index is -0.425. The minimum Gasteiger partial charge on any atom is -0.399 e. The molecule has 1 aliphatic rings. The molecule has 1 N–H and O–H groups in total. The van der Waals surface area contributed by atoms with Gasteiger partial charge in [0, 0.05) is 5.02 Å². The van der Waals surface area contributed by atoms with Crippen molar-refractivity contribution in [3.8, 4) is 5.75 Å². The van der Waals surface area contributed by atoms with E-state index in [1.54, 1.807) is 18.2 Å². The lowest BCUT2D eigenvalue weighted by Gasteiger charge is -2.32. The highest BCUT2D eigenvalue weighted by molar-refractivity contribution is 6.62. The fourth-order valence-corrected chi connectivity index (χ4v) is 2.85. The zero-order valence-electron chi connectivity index (χ0n) is 14.6. The summed E-state index contributed by atoms with van der Waals surface area (Å²) in [4.78, 5) is 5.56. The van der Waals surface area contributed by atoms with Crippen LogP contribution < -0.4 is 15.8 Å². The van der Waals surface area contributed by atoms with Crippen LogP contribution in [0.25, 0.3) is 0 Å². The summed E-state index contributed by atoms with van der Waals surface area (Å²) in [6.07, 6.45) is 0. The third kappa shape index (κ3) is 3.90. The quantitative estimate of drug-likeness (QED) is 0.617. The Bertz CT molecular complexity index is 767. The molecule has 0 spiro atoms. The summed E-state index contributed by atoms with van der Waals surface area (Å²) in [7, 11) is -0.425. The van der Waals surface area contributed by atoms with E-state index in [1.165, 1.54) is 0 Å². The number of hydrogen-bond acceptors (Lipinski definition) is 4. The fourth-order valence-electron chi connectivity index (χ4n) is 2.40. The van der Waals surface area contributed by atoms with Gasteiger partial charge in [-0.05, 0) is 63.5 Å².